The van der Waals surface area contributed by atoms with Crippen molar-refractivity contribution in [1.82, 2.24) is 19.4 Å². The molecule has 2 aromatic carbocycles. The highest BCUT2D eigenvalue weighted by Crippen LogP contribution is 2.17. The predicted molar refractivity (Wildman–Crippen MR) is 119 cm³/mol. The topological polar surface area (TPSA) is 91.0 Å². The molecule has 2 heterocycles. The summed E-state index contributed by atoms with van der Waals surface area (Å²) < 4.78 is 8.16. The van der Waals surface area contributed by atoms with Gasteiger partial charge in [-0.25, -0.2) is 14.3 Å². The summed E-state index contributed by atoms with van der Waals surface area (Å²) in [6.07, 6.45) is 4.68. The first-order valence-electron chi connectivity index (χ1n) is 9.82. The molecule has 0 saturated heterocycles. The molecule has 4 aromatic rings. The molecule has 0 aliphatic carbocycles. The van der Waals surface area contributed by atoms with Gasteiger partial charge in [-0.2, -0.15) is 5.10 Å². The summed E-state index contributed by atoms with van der Waals surface area (Å²) in [6, 6.07) is 13.8. The van der Waals surface area contributed by atoms with E-state index in [4.69, 9.17) is 16.3 Å². The second-order valence-corrected chi connectivity index (χ2v) is 7.30. The van der Waals surface area contributed by atoms with Gasteiger partial charge in [-0.3, -0.25) is 15.0 Å². The summed E-state index contributed by atoms with van der Waals surface area (Å²) in [7, 11) is 0. The van der Waals surface area contributed by atoms with Crippen LogP contribution in [0, 0.1) is 0 Å². The molecule has 0 aliphatic rings. The van der Waals surface area contributed by atoms with E-state index in [0.717, 1.165) is 17.5 Å². The van der Waals surface area contributed by atoms with Crippen molar-refractivity contribution in [3.05, 3.63) is 82.0 Å². The lowest BCUT2D eigenvalue weighted by Gasteiger charge is -2.09. The zero-order chi connectivity index (χ0) is 21.8. The van der Waals surface area contributed by atoms with Gasteiger partial charge in [-0.05, 0) is 48.9 Å². The van der Waals surface area contributed by atoms with Crippen molar-refractivity contribution < 1.29 is 9.53 Å². The number of hydrogen-bond acceptors (Lipinski definition) is 5. The normalized spacial score (nSPS) is 10.9. The number of carbonyl (C=O) groups is 1. The maximum Gasteiger partial charge on any atom is 0.283 e. The summed E-state index contributed by atoms with van der Waals surface area (Å²) in [5, 5.41) is 5.05. The van der Waals surface area contributed by atoms with Crippen LogP contribution in [0.25, 0.3) is 16.7 Å². The molecule has 4 rings (SSSR count). The van der Waals surface area contributed by atoms with Crippen LogP contribution in [-0.4, -0.2) is 32.0 Å². The summed E-state index contributed by atoms with van der Waals surface area (Å²) >= 11 is 6.04. The number of nitrogens with zero attached hydrogens (tertiary/aromatic N) is 4. The molecule has 0 radical (unpaired) electrons. The second kappa shape index (κ2) is 9.01. The van der Waals surface area contributed by atoms with Crippen LogP contribution in [0.2, 0.25) is 5.02 Å². The molecule has 8 nitrogen and oxygen atoms in total. The van der Waals surface area contributed by atoms with Gasteiger partial charge in [0, 0.05) is 10.6 Å². The standard InChI is InChI=1S/C22H20ClN5O3/c1-2-3-11-31-18-9-7-15(8-10-18)21(29)26-27-14-24-20-19(22(27)30)13-25-28(20)17-6-4-5-16(23)12-17/h4-10,12-14H,2-3,11H2,1H3,(H,26,29). The van der Waals surface area contributed by atoms with E-state index < -0.39 is 11.5 Å². The Hall–Kier alpha value is -3.65. The Morgan fingerprint density at radius 2 is 2.00 bits per heavy atom. The molecular weight excluding hydrogens is 418 g/mol. The van der Waals surface area contributed by atoms with Crippen LogP contribution in [0.1, 0.15) is 30.1 Å². The molecule has 2 aromatic heterocycles. The quantitative estimate of drug-likeness (QED) is 0.444. The molecule has 0 bridgehead atoms. The van der Waals surface area contributed by atoms with Crippen molar-refractivity contribution in [2.24, 2.45) is 0 Å². The average Bonchev–Trinajstić information content (AvgIpc) is 3.21. The van der Waals surface area contributed by atoms with Crippen LogP contribution in [0.5, 0.6) is 5.75 Å². The zero-order valence-electron chi connectivity index (χ0n) is 16.8. The second-order valence-electron chi connectivity index (χ2n) is 6.86. The van der Waals surface area contributed by atoms with Gasteiger partial charge in [0.15, 0.2) is 5.65 Å². The van der Waals surface area contributed by atoms with Gasteiger partial charge in [-0.1, -0.05) is 31.0 Å². The molecule has 0 saturated carbocycles. The molecule has 9 heteroatoms. The van der Waals surface area contributed by atoms with Crippen LogP contribution >= 0.6 is 11.6 Å². The lowest BCUT2D eigenvalue weighted by Crippen LogP contribution is -2.33. The smallest absolute Gasteiger partial charge is 0.283 e. The summed E-state index contributed by atoms with van der Waals surface area (Å²) in [5.74, 6) is 0.254. The monoisotopic (exact) mass is 437 g/mol. The van der Waals surface area contributed by atoms with Crippen molar-refractivity contribution >= 4 is 28.5 Å². The number of amides is 1. The van der Waals surface area contributed by atoms with Crippen molar-refractivity contribution in [1.29, 1.82) is 0 Å². The Balaban J connectivity index is 1.54. The van der Waals surface area contributed by atoms with Crippen molar-refractivity contribution in [2.45, 2.75) is 19.8 Å². The minimum atomic E-state index is -0.439. The fourth-order valence-electron chi connectivity index (χ4n) is 3.00. The fourth-order valence-corrected chi connectivity index (χ4v) is 3.18. The number of hydrogen-bond donors (Lipinski definition) is 1. The largest absolute Gasteiger partial charge is 0.494 e. The van der Waals surface area contributed by atoms with E-state index in [-0.39, 0.29) is 5.39 Å². The van der Waals surface area contributed by atoms with Gasteiger partial charge < -0.3 is 4.74 Å². The molecule has 1 N–H and O–H groups in total. The Morgan fingerprint density at radius 3 is 2.74 bits per heavy atom. The number of ether oxygens (including phenoxy) is 1. The SMILES string of the molecule is CCCCOc1ccc(C(=O)Nn2cnc3c(cnn3-c3cccc(Cl)c3)c2=O)cc1. The van der Waals surface area contributed by atoms with Gasteiger partial charge in [0.1, 0.15) is 17.5 Å². The molecular formula is C22H20ClN5O3. The fraction of sp³-hybridized carbons (Fsp3) is 0.182. The first-order chi connectivity index (χ1) is 15.1. The summed E-state index contributed by atoms with van der Waals surface area (Å²) in [6.45, 7) is 2.72. The van der Waals surface area contributed by atoms with Gasteiger partial charge in [0.25, 0.3) is 11.5 Å². The van der Waals surface area contributed by atoms with Crippen LogP contribution in [0.4, 0.5) is 0 Å². The van der Waals surface area contributed by atoms with E-state index in [2.05, 4.69) is 22.4 Å². The van der Waals surface area contributed by atoms with Crippen molar-refractivity contribution in [3.63, 3.8) is 0 Å². The molecule has 1 amide bonds. The first kappa shape index (κ1) is 20.6. The minimum absolute atomic E-state index is 0.266. The predicted octanol–water partition coefficient (Wildman–Crippen LogP) is 3.80. The molecule has 0 atom stereocenters. The molecule has 0 spiro atoms. The van der Waals surface area contributed by atoms with Crippen LogP contribution in [0.3, 0.4) is 0 Å². The van der Waals surface area contributed by atoms with Gasteiger partial charge in [-0.15, -0.1) is 0 Å². The lowest BCUT2D eigenvalue weighted by molar-refractivity contribution is 0.101. The van der Waals surface area contributed by atoms with Gasteiger partial charge >= 0.3 is 0 Å². The highest BCUT2D eigenvalue weighted by atomic mass is 35.5. The molecule has 31 heavy (non-hydrogen) atoms. The number of benzene rings is 2. The third-order valence-corrected chi connectivity index (χ3v) is 4.88. The van der Waals surface area contributed by atoms with Gasteiger partial charge in [0.2, 0.25) is 0 Å². The minimum Gasteiger partial charge on any atom is -0.494 e. The number of unbranched alkanes of at least 4 members (excludes halogenated alkanes) is 1. The number of carbonyl (C=O) groups excluding carboxylic acids is 1. The first-order valence-corrected chi connectivity index (χ1v) is 10.2. The van der Waals surface area contributed by atoms with Crippen LogP contribution in [0.15, 0.2) is 65.8 Å². The zero-order valence-corrected chi connectivity index (χ0v) is 17.5. The van der Waals surface area contributed by atoms with Crippen molar-refractivity contribution in [3.8, 4) is 11.4 Å². The van der Waals surface area contributed by atoms with E-state index in [1.807, 2.05) is 6.07 Å². The van der Waals surface area contributed by atoms with E-state index >= 15 is 0 Å². The maximum atomic E-state index is 12.8. The van der Waals surface area contributed by atoms with Crippen LogP contribution in [-0.2, 0) is 0 Å². The molecule has 158 valence electrons. The van der Waals surface area contributed by atoms with Crippen LogP contribution < -0.4 is 15.7 Å². The number of fused-ring (bicyclic) bond motifs is 1. The van der Waals surface area contributed by atoms with E-state index in [9.17, 15) is 9.59 Å². The Kier molecular flexibility index (Phi) is 5.99. The van der Waals surface area contributed by atoms with Crippen molar-refractivity contribution in [2.75, 3.05) is 12.0 Å². The average molecular weight is 438 g/mol. The highest BCUT2D eigenvalue weighted by Gasteiger charge is 2.14. The third kappa shape index (κ3) is 4.44. The third-order valence-electron chi connectivity index (χ3n) is 4.65. The number of nitrogens with one attached hydrogen (secondary N) is 1. The molecule has 0 unspecified atom stereocenters. The highest BCUT2D eigenvalue weighted by molar-refractivity contribution is 6.30. The maximum absolute atomic E-state index is 12.8. The molecule has 0 aliphatic heterocycles. The number of rotatable bonds is 7. The summed E-state index contributed by atoms with van der Waals surface area (Å²) in [5.41, 5.74) is 3.55. The Bertz CT molecular complexity index is 1280. The summed E-state index contributed by atoms with van der Waals surface area (Å²) in [4.78, 5) is 29.7. The molecule has 0 fully saturated rings. The number of halogens is 1. The van der Waals surface area contributed by atoms with E-state index in [1.54, 1.807) is 42.5 Å². The Morgan fingerprint density at radius 1 is 1.19 bits per heavy atom. The Labute approximate surface area is 183 Å². The van der Waals surface area contributed by atoms with E-state index in [0.29, 0.717) is 34.3 Å². The van der Waals surface area contributed by atoms with E-state index in [1.165, 1.54) is 17.2 Å². The number of aromatic nitrogens is 4. The van der Waals surface area contributed by atoms with Gasteiger partial charge in [0.05, 0.1) is 18.5 Å². The lowest BCUT2D eigenvalue weighted by atomic mass is 10.2.